The average molecular weight is 392 g/mol. The lowest BCUT2D eigenvalue weighted by atomic mass is 9.89. The van der Waals surface area contributed by atoms with Gasteiger partial charge in [0.25, 0.3) is 5.91 Å². The van der Waals surface area contributed by atoms with Crippen LogP contribution in [-0.2, 0) is 20.9 Å². The van der Waals surface area contributed by atoms with E-state index in [9.17, 15) is 9.59 Å². The molecule has 1 aromatic heterocycles. The minimum Gasteiger partial charge on any atom is -0.493 e. The number of carbonyl (C=O) groups excluding carboxylic acids is 2. The van der Waals surface area contributed by atoms with Crippen molar-refractivity contribution in [2.24, 2.45) is 10.9 Å². The van der Waals surface area contributed by atoms with E-state index in [4.69, 9.17) is 14.2 Å². The molecule has 0 atom stereocenters. The van der Waals surface area contributed by atoms with Crippen LogP contribution in [0, 0.1) is 5.92 Å². The van der Waals surface area contributed by atoms with Crippen LogP contribution in [-0.4, -0.2) is 37.8 Å². The van der Waals surface area contributed by atoms with Crippen molar-refractivity contribution in [2.75, 3.05) is 21.3 Å². The predicted octanol–water partition coefficient (Wildman–Crippen LogP) is 2.90. The van der Waals surface area contributed by atoms with E-state index in [2.05, 4.69) is 4.99 Å². The zero-order chi connectivity index (χ0) is 19.4. The first-order valence-electron chi connectivity index (χ1n) is 8.98. The number of amides is 1. The Labute approximate surface area is 161 Å². The molecule has 27 heavy (non-hydrogen) atoms. The molecule has 1 aliphatic carbocycles. The van der Waals surface area contributed by atoms with E-state index < -0.39 is 5.97 Å². The third kappa shape index (κ3) is 4.16. The van der Waals surface area contributed by atoms with Crippen molar-refractivity contribution >= 4 is 33.4 Å². The van der Waals surface area contributed by atoms with Gasteiger partial charge >= 0.3 is 5.97 Å². The van der Waals surface area contributed by atoms with Gasteiger partial charge in [0, 0.05) is 18.1 Å². The third-order valence-electron chi connectivity index (χ3n) is 4.86. The largest absolute Gasteiger partial charge is 0.493 e. The van der Waals surface area contributed by atoms with Crippen LogP contribution in [0.3, 0.4) is 0 Å². The minimum absolute atomic E-state index is 0.0250. The van der Waals surface area contributed by atoms with Crippen LogP contribution in [0.2, 0.25) is 0 Å². The molecule has 0 saturated heterocycles. The van der Waals surface area contributed by atoms with Gasteiger partial charge in [0.05, 0.1) is 31.5 Å². The second-order valence-electron chi connectivity index (χ2n) is 6.51. The summed E-state index contributed by atoms with van der Waals surface area (Å²) in [7, 11) is 4.46. The molecule has 0 aliphatic heterocycles. The number of fused-ring (bicyclic) bond motifs is 1. The third-order valence-corrected chi connectivity index (χ3v) is 5.90. The Morgan fingerprint density at radius 3 is 2.41 bits per heavy atom. The molecule has 0 unspecified atom stereocenters. The van der Waals surface area contributed by atoms with E-state index in [1.807, 2.05) is 6.07 Å². The maximum atomic E-state index is 12.7. The molecule has 0 bridgehead atoms. The highest BCUT2D eigenvalue weighted by atomic mass is 32.1. The summed E-state index contributed by atoms with van der Waals surface area (Å²) >= 11 is 1.35. The SMILES string of the molecule is COC(=O)Cn1c(=NC(=O)C2CCCCC2)sc2cc(OC)c(OC)cc21. The van der Waals surface area contributed by atoms with Gasteiger partial charge in [0.1, 0.15) is 6.54 Å². The highest BCUT2D eigenvalue weighted by Crippen LogP contribution is 2.33. The molecule has 1 amide bonds. The molecule has 1 fully saturated rings. The van der Waals surface area contributed by atoms with Crippen molar-refractivity contribution in [1.82, 2.24) is 4.57 Å². The fourth-order valence-corrected chi connectivity index (χ4v) is 4.41. The first-order valence-corrected chi connectivity index (χ1v) is 9.79. The molecule has 1 saturated carbocycles. The van der Waals surface area contributed by atoms with Crippen LogP contribution in [0.15, 0.2) is 17.1 Å². The number of hydrogen-bond donors (Lipinski definition) is 0. The number of rotatable bonds is 5. The van der Waals surface area contributed by atoms with E-state index in [1.54, 1.807) is 24.9 Å². The van der Waals surface area contributed by atoms with Gasteiger partial charge in [-0.1, -0.05) is 30.6 Å². The smallest absolute Gasteiger partial charge is 0.325 e. The van der Waals surface area contributed by atoms with E-state index in [0.717, 1.165) is 35.9 Å². The van der Waals surface area contributed by atoms with Crippen molar-refractivity contribution in [3.05, 3.63) is 16.9 Å². The zero-order valence-corrected chi connectivity index (χ0v) is 16.6. The lowest BCUT2D eigenvalue weighted by molar-refractivity contribution is -0.141. The van der Waals surface area contributed by atoms with Crippen molar-refractivity contribution in [2.45, 2.75) is 38.6 Å². The molecular weight excluding hydrogens is 368 g/mol. The maximum Gasteiger partial charge on any atom is 0.325 e. The summed E-state index contributed by atoms with van der Waals surface area (Å²) in [5.41, 5.74) is 0.748. The second kappa shape index (κ2) is 8.56. The first-order chi connectivity index (χ1) is 13.1. The van der Waals surface area contributed by atoms with Gasteiger partial charge in [-0.15, -0.1) is 0 Å². The Kier molecular flexibility index (Phi) is 6.15. The van der Waals surface area contributed by atoms with E-state index in [-0.39, 0.29) is 18.4 Å². The Morgan fingerprint density at radius 2 is 1.78 bits per heavy atom. The molecule has 8 heteroatoms. The number of ether oxygens (including phenoxy) is 3. The number of thiazole rings is 1. The quantitative estimate of drug-likeness (QED) is 0.731. The Morgan fingerprint density at radius 1 is 1.11 bits per heavy atom. The Balaban J connectivity index is 2.11. The molecule has 0 N–H and O–H groups in total. The standard InChI is InChI=1S/C19H24N2O5S/c1-24-14-9-13-16(10-15(14)25-2)27-19(21(13)11-17(22)26-3)20-18(23)12-7-5-4-6-8-12/h9-10,12H,4-8,11H2,1-3H3. The number of methoxy groups -OCH3 is 3. The van der Waals surface area contributed by atoms with Gasteiger partial charge in [-0.05, 0) is 12.8 Å². The number of nitrogens with zero attached hydrogens (tertiary/aromatic N) is 2. The second-order valence-corrected chi connectivity index (χ2v) is 7.52. The van der Waals surface area contributed by atoms with Gasteiger partial charge < -0.3 is 18.8 Å². The molecule has 1 aliphatic rings. The van der Waals surface area contributed by atoms with Gasteiger partial charge in [-0.25, -0.2) is 0 Å². The fourth-order valence-electron chi connectivity index (χ4n) is 3.36. The minimum atomic E-state index is -0.406. The Hall–Kier alpha value is -2.35. The molecule has 1 heterocycles. The lowest BCUT2D eigenvalue weighted by Gasteiger charge is -2.17. The summed E-state index contributed by atoms with van der Waals surface area (Å²) in [6.07, 6.45) is 5.07. The highest BCUT2D eigenvalue weighted by Gasteiger charge is 2.22. The summed E-state index contributed by atoms with van der Waals surface area (Å²) in [5, 5.41) is 0. The van der Waals surface area contributed by atoms with E-state index in [0.29, 0.717) is 16.3 Å². The van der Waals surface area contributed by atoms with Crippen molar-refractivity contribution in [3.8, 4) is 11.5 Å². The van der Waals surface area contributed by atoms with Crippen molar-refractivity contribution in [1.29, 1.82) is 0 Å². The summed E-state index contributed by atoms with van der Waals surface area (Å²) in [5.74, 6) is 0.586. The lowest BCUT2D eigenvalue weighted by Crippen LogP contribution is -2.24. The number of carbonyl (C=O) groups is 2. The molecule has 0 spiro atoms. The summed E-state index contributed by atoms with van der Waals surface area (Å²) < 4.78 is 18.1. The van der Waals surface area contributed by atoms with E-state index in [1.165, 1.54) is 24.9 Å². The number of hydrogen-bond acceptors (Lipinski definition) is 6. The maximum absolute atomic E-state index is 12.7. The highest BCUT2D eigenvalue weighted by molar-refractivity contribution is 7.16. The fraction of sp³-hybridized carbons (Fsp3) is 0.526. The summed E-state index contributed by atoms with van der Waals surface area (Å²) in [6.45, 7) is -0.0250. The molecule has 7 nitrogen and oxygen atoms in total. The van der Waals surface area contributed by atoms with Crippen LogP contribution >= 0.6 is 11.3 Å². The van der Waals surface area contributed by atoms with Crippen LogP contribution in [0.25, 0.3) is 10.2 Å². The zero-order valence-electron chi connectivity index (χ0n) is 15.8. The summed E-state index contributed by atoms with van der Waals surface area (Å²) in [4.78, 5) is 29.4. The molecule has 2 aromatic rings. The molecule has 146 valence electrons. The monoisotopic (exact) mass is 392 g/mol. The van der Waals surface area contributed by atoms with Gasteiger partial charge in [0.2, 0.25) is 0 Å². The molecule has 1 aromatic carbocycles. The predicted molar refractivity (Wildman–Crippen MR) is 102 cm³/mol. The summed E-state index contributed by atoms with van der Waals surface area (Å²) in [6, 6.07) is 3.62. The van der Waals surface area contributed by atoms with Gasteiger partial charge in [-0.3, -0.25) is 9.59 Å². The molecule has 3 rings (SSSR count). The van der Waals surface area contributed by atoms with Crippen molar-refractivity contribution < 1.29 is 23.8 Å². The molecular formula is C19H24N2O5S. The van der Waals surface area contributed by atoms with Crippen molar-refractivity contribution in [3.63, 3.8) is 0 Å². The van der Waals surface area contributed by atoms with Crippen LogP contribution in [0.5, 0.6) is 11.5 Å². The van der Waals surface area contributed by atoms with Gasteiger partial charge in [0.15, 0.2) is 16.3 Å². The Bertz CT molecular complexity index is 909. The number of benzene rings is 1. The van der Waals surface area contributed by atoms with Crippen LogP contribution in [0.4, 0.5) is 0 Å². The first kappa shape index (κ1) is 19.4. The normalized spacial score (nSPS) is 15.7. The van der Waals surface area contributed by atoms with Crippen LogP contribution < -0.4 is 14.3 Å². The van der Waals surface area contributed by atoms with E-state index >= 15 is 0 Å². The number of esters is 1. The molecule has 0 radical (unpaired) electrons. The number of aromatic nitrogens is 1. The van der Waals surface area contributed by atoms with Gasteiger partial charge in [-0.2, -0.15) is 4.99 Å². The topological polar surface area (TPSA) is 79.1 Å². The van der Waals surface area contributed by atoms with Crippen LogP contribution in [0.1, 0.15) is 32.1 Å². The average Bonchev–Trinajstić information content (AvgIpc) is 3.03.